The second-order valence-electron chi connectivity index (χ2n) is 12.3. The Morgan fingerprint density at radius 1 is 0.765 bits per heavy atom. The first-order chi connectivity index (χ1) is 25.1. The van der Waals surface area contributed by atoms with Gasteiger partial charge < -0.3 is 14.8 Å². The molecule has 2 N–H and O–H groups in total. The van der Waals surface area contributed by atoms with Gasteiger partial charge in [-0.3, -0.25) is 0 Å². The van der Waals surface area contributed by atoms with Crippen molar-refractivity contribution in [2.45, 2.75) is 44.9 Å². The monoisotopic (exact) mass is 674 g/mol. The van der Waals surface area contributed by atoms with Crippen LogP contribution in [0.15, 0.2) is 140 Å². The molecule has 0 aliphatic heterocycles. The predicted molar refractivity (Wildman–Crippen MR) is 196 cm³/mol. The van der Waals surface area contributed by atoms with E-state index in [0.29, 0.717) is 23.8 Å². The number of tetrazole rings is 1. The van der Waals surface area contributed by atoms with Crippen LogP contribution < -0.4 is 0 Å². The van der Waals surface area contributed by atoms with Crippen LogP contribution in [0.2, 0.25) is 0 Å². The lowest BCUT2D eigenvalue weighted by molar-refractivity contribution is 0.0462. The van der Waals surface area contributed by atoms with Crippen LogP contribution in [-0.4, -0.2) is 41.3 Å². The number of imidazole rings is 1. The number of benzene rings is 5. The first-order valence-corrected chi connectivity index (χ1v) is 17.1. The van der Waals surface area contributed by atoms with Gasteiger partial charge in [0.15, 0.2) is 11.5 Å². The average Bonchev–Trinajstić information content (AvgIpc) is 3.86. The molecule has 5 aromatic carbocycles. The second-order valence-corrected chi connectivity index (χ2v) is 12.3. The van der Waals surface area contributed by atoms with Gasteiger partial charge in [-0.25, -0.2) is 14.5 Å². The Balaban J connectivity index is 1.23. The van der Waals surface area contributed by atoms with Gasteiger partial charge >= 0.3 is 5.97 Å². The van der Waals surface area contributed by atoms with Crippen molar-refractivity contribution in [3.8, 4) is 22.5 Å². The third-order valence-corrected chi connectivity index (χ3v) is 9.11. The number of aliphatic hydroxyl groups excluding tert-OH is 1. The predicted octanol–water partition coefficient (Wildman–Crippen LogP) is 7.76. The summed E-state index contributed by atoms with van der Waals surface area (Å²) in [6, 6.07) is 46.9. The van der Waals surface area contributed by atoms with Crippen LogP contribution in [0.4, 0.5) is 0 Å². The molecule has 0 aliphatic carbocycles. The lowest BCUT2D eigenvalue weighted by Crippen LogP contribution is -2.39. The number of rotatable bonds is 13. The number of aliphatic hydroxyl groups is 1. The number of aromatic amines is 1. The molecule has 0 atom stereocenters. The molecule has 254 valence electrons. The normalized spacial score (nSPS) is 11.4. The van der Waals surface area contributed by atoms with Crippen LogP contribution in [0.5, 0.6) is 0 Å². The van der Waals surface area contributed by atoms with Crippen LogP contribution in [0.1, 0.15) is 64.0 Å². The largest absolute Gasteiger partial charge is 0.456 e. The Hall–Kier alpha value is -6.19. The van der Waals surface area contributed by atoms with Crippen molar-refractivity contribution in [3.05, 3.63) is 179 Å². The zero-order chi connectivity index (χ0) is 35.0. The van der Waals surface area contributed by atoms with Gasteiger partial charge in [0.2, 0.25) is 0 Å². The summed E-state index contributed by atoms with van der Waals surface area (Å²) in [6.07, 6.45) is 2.64. The van der Waals surface area contributed by atoms with Gasteiger partial charge in [0.05, 0.1) is 12.3 Å². The Labute approximate surface area is 296 Å². The first kappa shape index (κ1) is 33.3. The molecule has 51 heavy (non-hydrogen) atoms. The van der Waals surface area contributed by atoms with Crippen molar-refractivity contribution in [2.24, 2.45) is 0 Å². The second kappa shape index (κ2) is 15.1. The SMILES string of the molecule is CCCCc1nc(C(=O)OCc2ccc(-c3ccccc3-c3nnnn3C(c3ccccc3)(c3ccccc3)c3ccccc3)cc2)c(CO)[nH]1. The van der Waals surface area contributed by atoms with E-state index < -0.39 is 11.5 Å². The summed E-state index contributed by atoms with van der Waals surface area (Å²) < 4.78 is 7.55. The summed E-state index contributed by atoms with van der Waals surface area (Å²) >= 11 is 0. The van der Waals surface area contributed by atoms with Gasteiger partial charge in [0.1, 0.15) is 18.0 Å². The van der Waals surface area contributed by atoms with Gasteiger partial charge in [-0.2, -0.15) is 0 Å². The molecule has 7 rings (SSSR count). The van der Waals surface area contributed by atoms with E-state index in [-0.39, 0.29) is 18.9 Å². The number of esters is 1. The number of nitrogens with one attached hydrogen (secondary N) is 1. The molecule has 7 aromatic rings. The number of aromatic nitrogens is 6. The van der Waals surface area contributed by atoms with Crippen LogP contribution in [-0.2, 0) is 29.9 Å². The van der Waals surface area contributed by atoms with E-state index in [1.165, 1.54) is 0 Å². The maximum atomic E-state index is 12.9. The van der Waals surface area contributed by atoms with E-state index in [2.05, 4.69) is 69.7 Å². The van der Waals surface area contributed by atoms with E-state index >= 15 is 0 Å². The molecule has 0 fully saturated rings. The highest BCUT2D eigenvalue weighted by Crippen LogP contribution is 2.43. The van der Waals surface area contributed by atoms with Gasteiger partial charge in [-0.15, -0.1) is 5.10 Å². The standard InChI is InChI=1S/C42H38N6O3/c1-2-3-23-38-43-37(28-49)39(44-38)41(50)51-29-30-24-26-31(27-25-30)35-21-13-14-22-36(35)40-45-46-47-48(40)42(32-15-7-4-8-16-32,33-17-9-5-10-18-33)34-19-11-6-12-20-34/h4-22,24-27,49H,2-3,23,28-29H2,1H3,(H,43,44). The van der Waals surface area contributed by atoms with Crippen molar-refractivity contribution >= 4 is 5.97 Å². The fourth-order valence-electron chi connectivity index (χ4n) is 6.62. The Morgan fingerprint density at radius 2 is 1.33 bits per heavy atom. The fraction of sp³-hybridized carbons (Fsp3) is 0.167. The highest BCUT2D eigenvalue weighted by Gasteiger charge is 2.42. The summed E-state index contributed by atoms with van der Waals surface area (Å²) in [5, 5.41) is 23.4. The zero-order valence-electron chi connectivity index (χ0n) is 28.3. The molecule has 2 heterocycles. The zero-order valence-corrected chi connectivity index (χ0v) is 28.3. The van der Waals surface area contributed by atoms with E-state index in [9.17, 15) is 9.90 Å². The maximum Gasteiger partial charge on any atom is 0.359 e. The molecule has 0 bridgehead atoms. The molecule has 0 amide bonds. The van der Waals surface area contributed by atoms with E-state index in [1.807, 2.05) is 102 Å². The third kappa shape index (κ3) is 6.59. The van der Waals surface area contributed by atoms with Crippen molar-refractivity contribution in [3.63, 3.8) is 0 Å². The van der Waals surface area contributed by atoms with Gasteiger partial charge in [-0.1, -0.05) is 153 Å². The van der Waals surface area contributed by atoms with Crippen molar-refractivity contribution in [1.82, 2.24) is 30.2 Å². The number of carbonyl (C=O) groups excluding carboxylic acids is 1. The number of hydrogen-bond acceptors (Lipinski definition) is 7. The van der Waals surface area contributed by atoms with Crippen molar-refractivity contribution < 1.29 is 14.6 Å². The highest BCUT2D eigenvalue weighted by molar-refractivity contribution is 5.88. The molecule has 0 radical (unpaired) electrons. The Morgan fingerprint density at radius 3 is 1.90 bits per heavy atom. The maximum absolute atomic E-state index is 12.9. The molecule has 0 unspecified atom stereocenters. The number of nitrogens with zero attached hydrogens (tertiary/aromatic N) is 5. The van der Waals surface area contributed by atoms with Crippen LogP contribution >= 0.6 is 0 Å². The lowest BCUT2D eigenvalue weighted by Gasteiger charge is -2.36. The van der Waals surface area contributed by atoms with E-state index in [0.717, 1.165) is 51.8 Å². The molecule has 0 aliphatic rings. The summed E-state index contributed by atoms with van der Waals surface area (Å²) in [5.74, 6) is 0.714. The quantitative estimate of drug-likeness (QED) is 0.0948. The lowest BCUT2D eigenvalue weighted by atomic mass is 9.77. The minimum absolute atomic E-state index is 0.0643. The molecular formula is C42H38N6O3. The summed E-state index contributed by atoms with van der Waals surface area (Å²) in [6.45, 7) is 1.84. The van der Waals surface area contributed by atoms with Gasteiger partial charge in [-0.05, 0) is 50.2 Å². The molecule has 9 heteroatoms. The molecule has 2 aromatic heterocycles. The Bertz CT molecular complexity index is 2100. The molecule has 0 spiro atoms. The number of aryl methyl sites for hydroxylation is 1. The minimum Gasteiger partial charge on any atom is -0.456 e. The van der Waals surface area contributed by atoms with Crippen LogP contribution in [0.25, 0.3) is 22.5 Å². The van der Waals surface area contributed by atoms with E-state index in [1.54, 1.807) is 0 Å². The highest BCUT2D eigenvalue weighted by atomic mass is 16.5. The number of hydrogen-bond donors (Lipinski definition) is 2. The van der Waals surface area contributed by atoms with Crippen LogP contribution in [0, 0.1) is 0 Å². The number of H-pyrrole nitrogens is 1. The summed E-state index contributed by atoms with van der Waals surface area (Å²) in [5.41, 5.74) is 6.26. The van der Waals surface area contributed by atoms with Crippen LogP contribution in [0.3, 0.4) is 0 Å². The number of carbonyl (C=O) groups is 1. The first-order valence-electron chi connectivity index (χ1n) is 17.1. The van der Waals surface area contributed by atoms with Crippen molar-refractivity contribution in [2.75, 3.05) is 0 Å². The Kier molecular flexibility index (Phi) is 9.89. The molecular weight excluding hydrogens is 637 g/mol. The number of unbranched alkanes of at least 4 members (excludes halogenated alkanes) is 1. The van der Waals surface area contributed by atoms with E-state index in [4.69, 9.17) is 9.95 Å². The molecule has 0 saturated heterocycles. The smallest absolute Gasteiger partial charge is 0.359 e. The molecule has 9 nitrogen and oxygen atoms in total. The summed E-state index contributed by atoms with van der Waals surface area (Å²) in [7, 11) is 0. The number of ether oxygens (including phenoxy) is 1. The molecule has 0 saturated carbocycles. The van der Waals surface area contributed by atoms with Gasteiger partial charge in [0, 0.05) is 12.0 Å². The third-order valence-electron chi connectivity index (χ3n) is 9.11. The van der Waals surface area contributed by atoms with Crippen molar-refractivity contribution in [1.29, 1.82) is 0 Å². The fourth-order valence-corrected chi connectivity index (χ4v) is 6.62. The topological polar surface area (TPSA) is 119 Å². The average molecular weight is 675 g/mol. The minimum atomic E-state index is -0.884. The summed E-state index contributed by atoms with van der Waals surface area (Å²) in [4.78, 5) is 20.4. The van der Waals surface area contributed by atoms with Gasteiger partial charge in [0.25, 0.3) is 0 Å².